The van der Waals surface area contributed by atoms with Crippen molar-refractivity contribution in [2.75, 3.05) is 26.2 Å². The van der Waals surface area contributed by atoms with Gasteiger partial charge in [-0.3, -0.25) is 4.57 Å². The van der Waals surface area contributed by atoms with Crippen LogP contribution in [-0.2, 0) is 23.6 Å². The maximum Gasteiger partial charge on any atom is 0.419 e. The van der Waals surface area contributed by atoms with E-state index in [1.54, 1.807) is 13.1 Å². The number of oxazole rings is 1. The number of nitrogens with one attached hydrogen (secondary N) is 1. The van der Waals surface area contributed by atoms with Crippen molar-refractivity contribution >= 4 is 21.1 Å². The zero-order valence-electron chi connectivity index (χ0n) is 17.4. The quantitative estimate of drug-likeness (QED) is 0.527. The first-order valence-electron chi connectivity index (χ1n) is 9.88. The second-order valence-electron chi connectivity index (χ2n) is 6.86. The number of ether oxygens (including phenoxy) is 1. The highest BCUT2D eigenvalue weighted by Gasteiger charge is 2.17. The molecule has 2 aromatic carbocycles. The van der Waals surface area contributed by atoms with E-state index in [1.807, 2.05) is 24.3 Å². The van der Waals surface area contributed by atoms with Gasteiger partial charge >= 0.3 is 5.76 Å². The fraction of sp³-hybridized carbons (Fsp3) is 0.381. The predicted octanol–water partition coefficient (Wildman–Crippen LogP) is 2.33. The van der Waals surface area contributed by atoms with Crippen LogP contribution in [0.4, 0.5) is 0 Å². The lowest BCUT2D eigenvalue weighted by atomic mass is 10.2. The van der Waals surface area contributed by atoms with Gasteiger partial charge in [0.25, 0.3) is 0 Å². The van der Waals surface area contributed by atoms with E-state index in [0.717, 1.165) is 25.2 Å². The van der Waals surface area contributed by atoms with Crippen LogP contribution < -0.4 is 15.2 Å². The maximum absolute atomic E-state index is 12.7. The van der Waals surface area contributed by atoms with E-state index in [4.69, 9.17) is 9.15 Å². The van der Waals surface area contributed by atoms with Crippen molar-refractivity contribution in [2.24, 2.45) is 7.05 Å². The minimum absolute atomic E-state index is 0.0317. The molecule has 0 aliphatic heterocycles. The van der Waals surface area contributed by atoms with Gasteiger partial charge in [0.05, 0.1) is 10.4 Å². The summed E-state index contributed by atoms with van der Waals surface area (Å²) in [5, 5.41) is 0. The third-order valence-corrected chi connectivity index (χ3v) is 6.46. The maximum atomic E-state index is 12.7. The van der Waals surface area contributed by atoms with Crippen molar-refractivity contribution in [2.45, 2.75) is 25.3 Å². The standard InChI is InChI=1S/C21H27N3O5S/c1-4-24(5-2)12-13-28-19-9-7-6-8-16(19)15-22-30(26,27)17-10-11-18-20(14-17)29-21(25)23(18)3/h6-11,14,22H,4-5,12-13,15H2,1-3H3. The Morgan fingerprint density at radius 2 is 1.87 bits per heavy atom. The SMILES string of the molecule is CCN(CC)CCOc1ccccc1CNS(=O)(=O)c1ccc2c(c1)oc(=O)n2C. The Hall–Kier alpha value is -2.62. The van der Waals surface area contributed by atoms with E-state index >= 15 is 0 Å². The molecule has 3 aromatic rings. The summed E-state index contributed by atoms with van der Waals surface area (Å²) in [6.45, 7) is 7.51. The molecule has 0 aliphatic rings. The van der Waals surface area contributed by atoms with E-state index in [9.17, 15) is 13.2 Å². The molecule has 0 atom stereocenters. The molecule has 9 heteroatoms. The molecule has 0 saturated heterocycles. The number of aryl methyl sites for hydroxylation is 1. The van der Waals surface area contributed by atoms with Gasteiger partial charge in [-0.1, -0.05) is 32.0 Å². The zero-order valence-corrected chi connectivity index (χ0v) is 18.2. The number of hydrogen-bond acceptors (Lipinski definition) is 6. The van der Waals surface area contributed by atoms with Crippen molar-refractivity contribution < 1.29 is 17.6 Å². The lowest BCUT2D eigenvalue weighted by Gasteiger charge is -2.19. The summed E-state index contributed by atoms with van der Waals surface area (Å²) in [6.07, 6.45) is 0. The normalized spacial score (nSPS) is 12.0. The van der Waals surface area contributed by atoms with Crippen molar-refractivity contribution in [3.05, 3.63) is 58.6 Å². The van der Waals surface area contributed by atoms with Crippen molar-refractivity contribution in [3.63, 3.8) is 0 Å². The van der Waals surface area contributed by atoms with Crippen LogP contribution >= 0.6 is 0 Å². The molecule has 0 saturated carbocycles. The summed E-state index contributed by atoms with van der Waals surface area (Å²) in [5.41, 5.74) is 1.50. The van der Waals surface area contributed by atoms with Crippen LogP contribution in [0.5, 0.6) is 5.75 Å². The summed E-state index contributed by atoms with van der Waals surface area (Å²) in [4.78, 5) is 13.9. The number of sulfonamides is 1. The van der Waals surface area contributed by atoms with E-state index in [0.29, 0.717) is 17.9 Å². The number of rotatable bonds is 10. The Labute approximate surface area is 176 Å². The second kappa shape index (κ2) is 9.46. The van der Waals surface area contributed by atoms with Crippen molar-refractivity contribution in [3.8, 4) is 5.75 Å². The van der Waals surface area contributed by atoms with Gasteiger partial charge in [-0.15, -0.1) is 0 Å². The van der Waals surface area contributed by atoms with Gasteiger partial charge in [0, 0.05) is 31.8 Å². The van der Waals surface area contributed by atoms with Crippen LogP contribution in [0.15, 0.2) is 56.6 Å². The Bertz CT molecular complexity index is 1160. The molecule has 3 rings (SSSR count). The molecule has 0 spiro atoms. The average Bonchev–Trinajstić information content (AvgIpc) is 3.03. The fourth-order valence-electron chi connectivity index (χ4n) is 3.15. The first kappa shape index (κ1) is 22.1. The fourth-order valence-corrected chi connectivity index (χ4v) is 4.17. The lowest BCUT2D eigenvalue weighted by molar-refractivity contribution is 0.221. The molecular weight excluding hydrogens is 406 g/mol. The topological polar surface area (TPSA) is 93.8 Å². The third-order valence-electron chi connectivity index (χ3n) is 5.06. The summed E-state index contributed by atoms with van der Waals surface area (Å²) >= 11 is 0. The average molecular weight is 434 g/mol. The number of fused-ring (bicyclic) bond motifs is 1. The Balaban J connectivity index is 1.71. The predicted molar refractivity (Wildman–Crippen MR) is 115 cm³/mol. The number of benzene rings is 2. The van der Waals surface area contributed by atoms with Gasteiger partial charge in [-0.25, -0.2) is 17.9 Å². The number of hydrogen-bond donors (Lipinski definition) is 1. The molecule has 0 amide bonds. The van der Waals surface area contributed by atoms with Gasteiger partial charge in [0.15, 0.2) is 5.58 Å². The molecule has 0 radical (unpaired) electrons. The highest BCUT2D eigenvalue weighted by atomic mass is 32.2. The lowest BCUT2D eigenvalue weighted by Crippen LogP contribution is -2.28. The largest absolute Gasteiger partial charge is 0.492 e. The molecule has 162 valence electrons. The number of likely N-dealkylation sites (N-methyl/N-ethyl adjacent to an activating group) is 1. The van der Waals surface area contributed by atoms with Crippen LogP contribution in [0.25, 0.3) is 11.1 Å². The number of para-hydroxylation sites is 1. The summed E-state index contributed by atoms with van der Waals surface area (Å²) in [7, 11) is -2.23. The van der Waals surface area contributed by atoms with E-state index in [2.05, 4.69) is 23.5 Å². The van der Waals surface area contributed by atoms with Gasteiger partial charge < -0.3 is 14.1 Å². The van der Waals surface area contributed by atoms with Gasteiger partial charge in [0.2, 0.25) is 10.0 Å². The minimum atomic E-state index is -3.80. The van der Waals surface area contributed by atoms with Crippen LogP contribution in [0.2, 0.25) is 0 Å². The highest BCUT2D eigenvalue weighted by molar-refractivity contribution is 7.89. The Morgan fingerprint density at radius 3 is 2.60 bits per heavy atom. The van der Waals surface area contributed by atoms with Crippen LogP contribution in [0, 0.1) is 0 Å². The highest BCUT2D eigenvalue weighted by Crippen LogP contribution is 2.21. The molecule has 0 fully saturated rings. The molecule has 1 heterocycles. The van der Waals surface area contributed by atoms with Crippen molar-refractivity contribution in [1.82, 2.24) is 14.2 Å². The van der Waals surface area contributed by atoms with E-state index in [-0.39, 0.29) is 17.0 Å². The molecule has 8 nitrogen and oxygen atoms in total. The van der Waals surface area contributed by atoms with E-state index < -0.39 is 15.8 Å². The first-order chi connectivity index (χ1) is 14.4. The number of nitrogens with zero attached hydrogens (tertiary/aromatic N) is 2. The molecule has 0 aliphatic carbocycles. The molecule has 1 aromatic heterocycles. The number of aromatic nitrogens is 1. The summed E-state index contributed by atoms with van der Waals surface area (Å²) in [6, 6.07) is 11.7. The van der Waals surface area contributed by atoms with Crippen LogP contribution in [-0.4, -0.2) is 44.1 Å². The Kier molecular flexibility index (Phi) is 6.96. The Morgan fingerprint density at radius 1 is 1.13 bits per heavy atom. The molecule has 0 unspecified atom stereocenters. The van der Waals surface area contributed by atoms with Gasteiger partial charge in [-0.05, 0) is 31.3 Å². The summed E-state index contributed by atoms with van der Waals surface area (Å²) in [5.74, 6) is 0.111. The minimum Gasteiger partial charge on any atom is -0.492 e. The molecular formula is C21H27N3O5S. The second-order valence-corrected chi connectivity index (χ2v) is 8.63. The molecule has 1 N–H and O–H groups in total. The van der Waals surface area contributed by atoms with E-state index in [1.165, 1.54) is 16.7 Å². The smallest absolute Gasteiger partial charge is 0.419 e. The van der Waals surface area contributed by atoms with Gasteiger partial charge in [0.1, 0.15) is 12.4 Å². The third kappa shape index (κ3) is 4.92. The molecule has 30 heavy (non-hydrogen) atoms. The zero-order chi connectivity index (χ0) is 21.7. The van der Waals surface area contributed by atoms with Crippen LogP contribution in [0.1, 0.15) is 19.4 Å². The summed E-state index contributed by atoms with van der Waals surface area (Å²) < 4.78 is 40.4. The van der Waals surface area contributed by atoms with Gasteiger partial charge in [-0.2, -0.15) is 0 Å². The molecule has 0 bridgehead atoms. The first-order valence-corrected chi connectivity index (χ1v) is 11.4. The monoisotopic (exact) mass is 433 g/mol. The van der Waals surface area contributed by atoms with Crippen LogP contribution in [0.3, 0.4) is 0 Å². The van der Waals surface area contributed by atoms with Crippen molar-refractivity contribution in [1.29, 1.82) is 0 Å².